The fourth-order valence-electron chi connectivity index (χ4n) is 13.2. The number of aromatic nitrogens is 3. The number of benzene rings is 14. The number of thiophene rings is 1. The van der Waals surface area contributed by atoms with Gasteiger partial charge in [-0.3, -0.25) is 4.57 Å². The summed E-state index contributed by atoms with van der Waals surface area (Å²) in [4.78, 5) is 13.7. The van der Waals surface area contributed by atoms with Gasteiger partial charge in [-0.25, -0.2) is 9.97 Å². The van der Waals surface area contributed by atoms with Crippen molar-refractivity contribution in [2.45, 2.75) is 0 Å². The predicted molar refractivity (Wildman–Crippen MR) is 353 cm³/mol. The van der Waals surface area contributed by atoms with Crippen LogP contribution in [0.1, 0.15) is 0 Å². The molecule has 14 aromatic carbocycles. The quantitative estimate of drug-likeness (QED) is 0.142. The Morgan fingerprint density at radius 2 is 0.783 bits per heavy atom. The standard InChI is InChI=1S/C78H48N4S/c1-5-20-49(21-6-1)51-24-19-25-56(45-51)69-48-68(50-22-7-2-8-23-50)79-78(80-69)82-70-43-42-65-62-32-14-13-30-60(62)61-31-15-16-33-63(61)72(65)74(70)75-76(82)66-35-18-17-34-64(66)73-67-41-39-55(47-71(67)83-77(73)75)52-36-37-54-46-59(40-38-53(54)44-52)81(57-26-9-3-10-27-57)58-28-11-4-12-29-58/h1-48H. The summed E-state index contributed by atoms with van der Waals surface area (Å²) in [6.45, 7) is 0. The molecule has 5 heteroatoms. The molecule has 3 aromatic heterocycles. The molecule has 0 aliphatic heterocycles. The third-order valence-electron chi connectivity index (χ3n) is 16.9. The Hall–Kier alpha value is -10.7. The molecule has 0 aliphatic rings. The summed E-state index contributed by atoms with van der Waals surface area (Å²) < 4.78 is 4.88. The summed E-state index contributed by atoms with van der Waals surface area (Å²) in [6, 6.07) is 106. The molecule has 0 saturated carbocycles. The lowest BCUT2D eigenvalue weighted by atomic mass is 9.91. The van der Waals surface area contributed by atoms with E-state index in [0.717, 1.165) is 67.1 Å². The summed E-state index contributed by atoms with van der Waals surface area (Å²) in [5.74, 6) is 0.625. The maximum atomic E-state index is 5.69. The Kier molecular flexibility index (Phi) is 10.8. The van der Waals surface area contributed by atoms with Gasteiger partial charge in [0.05, 0.1) is 22.4 Å². The van der Waals surface area contributed by atoms with Gasteiger partial charge in [0.25, 0.3) is 0 Å². The van der Waals surface area contributed by atoms with Gasteiger partial charge in [-0.1, -0.05) is 224 Å². The molecular formula is C78H48N4S. The molecule has 83 heavy (non-hydrogen) atoms. The van der Waals surface area contributed by atoms with Crippen LogP contribution in [0.2, 0.25) is 0 Å². The van der Waals surface area contributed by atoms with Crippen LogP contribution in [-0.2, 0) is 0 Å². The first kappa shape index (κ1) is 47.1. The summed E-state index contributed by atoms with van der Waals surface area (Å²) in [5, 5.41) is 17.1. The van der Waals surface area contributed by atoms with Gasteiger partial charge in [-0.15, -0.1) is 11.3 Å². The first-order valence-corrected chi connectivity index (χ1v) is 29.1. The monoisotopic (exact) mass is 1070 g/mol. The topological polar surface area (TPSA) is 34.0 Å². The highest BCUT2D eigenvalue weighted by atomic mass is 32.1. The predicted octanol–water partition coefficient (Wildman–Crippen LogP) is 21.8. The fourth-order valence-corrected chi connectivity index (χ4v) is 14.5. The van der Waals surface area contributed by atoms with E-state index in [4.69, 9.17) is 9.97 Å². The molecule has 17 rings (SSSR count). The molecule has 0 bridgehead atoms. The van der Waals surface area contributed by atoms with E-state index in [1.807, 2.05) is 11.3 Å². The van der Waals surface area contributed by atoms with Crippen molar-refractivity contribution in [2.24, 2.45) is 0 Å². The molecule has 0 spiro atoms. The van der Waals surface area contributed by atoms with Crippen LogP contribution in [0.3, 0.4) is 0 Å². The second-order valence-electron chi connectivity index (χ2n) is 21.6. The number of hydrogen-bond donors (Lipinski definition) is 0. The summed E-state index contributed by atoms with van der Waals surface area (Å²) in [6.07, 6.45) is 0. The van der Waals surface area contributed by atoms with E-state index < -0.39 is 0 Å². The Morgan fingerprint density at radius 3 is 1.48 bits per heavy atom. The van der Waals surface area contributed by atoms with E-state index in [2.05, 4.69) is 301 Å². The number of fused-ring (bicyclic) bond motifs is 18. The van der Waals surface area contributed by atoms with Crippen molar-refractivity contribution in [1.29, 1.82) is 0 Å². The largest absolute Gasteiger partial charge is 0.310 e. The summed E-state index contributed by atoms with van der Waals surface area (Å²) in [7, 11) is 0. The zero-order chi connectivity index (χ0) is 54.5. The van der Waals surface area contributed by atoms with Crippen molar-refractivity contribution in [3.05, 3.63) is 291 Å². The van der Waals surface area contributed by atoms with Crippen LogP contribution in [0.4, 0.5) is 17.1 Å². The Balaban J connectivity index is 0.928. The molecule has 4 nitrogen and oxygen atoms in total. The van der Waals surface area contributed by atoms with Gasteiger partial charge in [0.2, 0.25) is 5.95 Å². The van der Waals surface area contributed by atoms with Crippen LogP contribution in [-0.4, -0.2) is 14.5 Å². The van der Waals surface area contributed by atoms with Crippen LogP contribution in [0, 0.1) is 0 Å². The van der Waals surface area contributed by atoms with Gasteiger partial charge < -0.3 is 4.90 Å². The Labute approximate surface area is 482 Å². The first-order chi connectivity index (χ1) is 41.2. The number of hydrogen-bond acceptors (Lipinski definition) is 4. The Bertz CT molecular complexity index is 5360. The average molecular weight is 1070 g/mol. The molecule has 0 saturated heterocycles. The van der Waals surface area contributed by atoms with Gasteiger partial charge in [-0.2, -0.15) is 0 Å². The lowest BCUT2D eigenvalue weighted by molar-refractivity contribution is 0.998. The van der Waals surface area contributed by atoms with Crippen LogP contribution >= 0.6 is 11.3 Å². The highest BCUT2D eigenvalue weighted by Gasteiger charge is 2.27. The van der Waals surface area contributed by atoms with Crippen LogP contribution in [0.15, 0.2) is 291 Å². The van der Waals surface area contributed by atoms with Crippen molar-refractivity contribution >= 4 is 124 Å². The summed E-state index contributed by atoms with van der Waals surface area (Å²) >= 11 is 1.90. The molecule has 386 valence electrons. The van der Waals surface area contributed by atoms with E-state index in [0.29, 0.717) is 5.95 Å². The van der Waals surface area contributed by atoms with Crippen molar-refractivity contribution in [3.8, 4) is 50.7 Å². The molecule has 0 fully saturated rings. The van der Waals surface area contributed by atoms with Gasteiger partial charge in [0.15, 0.2) is 0 Å². The van der Waals surface area contributed by atoms with Crippen molar-refractivity contribution in [1.82, 2.24) is 14.5 Å². The lowest BCUT2D eigenvalue weighted by Crippen LogP contribution is -2.09. The van der Waals surface area contributed by atoms with Crippen molar-refractivity contribution < 1.29 is 0 Å². The van der Waals surface area contributed by atoms with Crippen LogP contribution < -0.4 is 4.90 Å². The maximum Gasteiger partial charge on any atom is 0.235 e. The van der Waals surface area contributed by atoms with Gasteiger partial charge in [0, 0.05) is 69.9 Å². The first-order valence-electron chi connectivity index (χ1n) is 28.3. The SMILES string of the molecule is c1ccc(-c2cccc(-c3cc(-c4ccccc4)nc(-n4c5ccc6c7ccccc7c7ccccc7c6c5c5c6sc7cc(-c8ccc9cc(N(c%10ccccc%10)c%10ccccc%10)ccc9c8)ccc7c6c6ccccc6c54)n3)c2)cc1. The highest BCUT2D eigenvalue weighted by Crippen LogP contribution is 2.52. The minimum atomic E-state index is 0.625. The minimum Gasteiger partial charge on any atom is -0.310 e. The van der Waals surface area contributed by atoms with E-state index in [1.54, 1.807) is 0 Å². The van der Waals surface area contributed by atoms with E-state index in [9.17, 15) is 0 Å². The second-order valence-corrected chi connectivity index (χ2v) is 22.7. The van der Waals surface area contributed by atoms with Crippen molar-refractivity contribution in [3.63, 3.8) is 0 Å². The van der Waals surface area contributed by atoms with Crippen molar-refractivity contribution in [2.75, 3.05) is 4.90 Å². The Morgan fingerprint density at radius 1 is 0.289 bits per heavy atom. The van der Waals surface area contributed by atoms with E-state index in [-0.39, 0.29) is 0 Å². The molecule has 0 aliphatic carbocycles. The van der Waals surface area contributed by atoms with E-state index in [1.165, 1.54) is 90.5 Å². The zero-order valence-electron chi connectivity index (χ0n) is 44.9. The number of anilines is 3. The number of para-hydroxylation sites is 2. The second kappa shape index (κ2) is 19.0. The van der Waals surface area contributed by atoms with Gasteiger partial charge in [-0.05, 0) is 132 Å². The van der Waals surface area contributed by atoms with Crippen LogP contribution in [0.5, 0.6) is 0 Å². The zero-order valence-corrected chi connectivity index (χ0v) is 45.7. The molecule has 0 unspecified atom stereocenters. The normalized spacial score (nSPS) is 11.9. The van der Waals surface area contributed by atoms with E-state index >= 15 is 0 Å². The smallest absolute Gasteiger partial charge is 0.235 e. The van der Waals surface area contributed by atoms with Gasteiger partial charge in [0.1, 0.15) is 0 Å². The molecule has 17 aromatic rings. The molecule has 0 radical (unpaired) electrons. The average Bonchev–Trinajstić information content (AvgIpc) is 2.13. The fraction of sp³-hybridized carbons (Fsp3) is 0. The molecule has 3 heterocycles. The van der Waals surface area contributed by atoms with Crippen LogP contribution in [0.25, 0.3) is 147 Å². The molecule has 0 amide bonds. The third kappa shape index (κ3) is 7.59. The van der Waals surface area contributed by atoms with Gasteiger partial charge >= 0.3 is 0 Å². The summed E-state index contributed by atoms with van der Waals surface area (Å²) in [5.41, 5.74) is 14.0. The molecular weight excluding hydrogens is 1020 g/mol. The number of rotatable bonds is 8. The molecule has 0 atom stereocenters. The maximum absolute atomic E-state index is 5.69. The highest BCUT2D eigenvalue weighted by molar-refractivity contribution is 7.27. The third-order valence-corrected chi connectivity index (χ3v) is 18.1. The minimum absolute atomic E-state index is 0.625. The number of nitrogens with zero attached hydrogens (tertiary/aromatic N) is 4. The lowest BCUT2D eigenvalue weighted by Gasteiger charge is -2.25. The molecule has 0 N–H and O–H groups in total.